The first kappa shape index (κ1) is 10.8. The topological polar surface area (TPSA) is 64.1 Å². The number of rotatable bonds is 3. The fraction of sp³-hybridized carbons (Fsp3) is 0.300. The van der Waals surface area contributed by atoms with Crippen LogP contribution in [0, 0.1) is 0 Å². The van der Waals surface area contributed by atoms with Gasteiger partial charge in [-0.15, -0.1) is 11.3 Å². The molecule has 2 aromatic heterocycles. The fourth-order valence-electron chi connectivity index (χ4n) is 1.33. The SMILES string of the molecule is COC(=O)C(C)Nc1ncnc2ccsc12. The molecule has 0 saturated heterocycles. The number of aromatic nitrogens is 2. The molecule has 0 aromatic carbocycles. The number of hydrogen-bond acceptors (Lipinski definition) is 6. The van der Waals surface area contributed by atoms with Crippen molar-refractivity contribution in [3.8, 4) is 0 Å². The van der Waals surface area contributed by atoms with Gasteiger partial charge in [0.25, 0.3) is 0 Å². The number of thiophene rings is 1. The van der Waals surface area contributed by atoms with E-state index in [0.717, 1.165) is 10.2 Å². The van der Waals surface area contributed by atoms with Gasteiger partial charge < -0.3 is 10.1 Å². The Morgan fingerprint density at radius 3 is 3.12 bits per heavy atom. The maximum atomic E-state index is 11.3. The van der Waals surface area contributed by atoms with Crippen molar-refractivity contribution >= 4 is 33.3 Å². The van der Waals surface area contributed by atoms with Gasteiger partial charge in [0.05, 0.1) is 17.3 Å². The van der Waals surface area contributed by atoms with E-state index >= 15 is 0 Å². The highest BCUT2D eigenvalue weighted by Gasteiger charge is 2.15. The Labute approximate surface area is 96.5 Å². The number of carbonyl (C=O) groups is 1. The summed E-state index contributed by atoms with van der Waals surface area (Å²) in [5.41, 5.74) is 0.875. The zero-order chi connectivity index (χ0) is 11.5. The zero-order valence-corrected chi connectivity index (χ0v) is 9.75. The van der Waals surface area contributed by atoms with Crippen molar-refractivity contribution in [2.45, 2.75) is 13.0 Å². The van der Waals surface area contributed by atoms with Gasteiger partial charge in [-0.1, -0.05) is 0 Å². The minimum atomic E-state index is -0.426. The number of carbonyl (C=O) groups excluding carboxylic acids is 1. The maximum absolute atomic E-state index is 11.3. The zero-order valence-electron chi connectivity index (χ0n) is 8.93. The molecule has 84 valence electrons. The smallest absolute Gasteiger partial charge is 0.328 e. The highest BCUT2D eigenvalue weighted by Crippen LogP contribution is 2.25. The normalized spacial score (nSPS) is 12.4. The Bertz CT molecular complexity index is 511. The van der Waals surface area contributed by atoms with Crippen LogP contribution < -0.4 is 5.32 Å². The number of hydrogen-bond donors (Lipinski definition) is 1. The molecular weight excluding hydrogens is 226 g/mol. The van der Waals surface area contributed by atoms with Gasteiger partial charge in [-0.05, 0) is 18.4 Å². The summed E-state index contributed by atoms with van der Waals surface area (Å²) in [5.74, 6) is 0.348. The van der Waals surface area contributed by atoms with E-state index in [9.17, 15) is 4.79 Å². The Balaban J connectivity index is 2.27. The summed E-state index contributed by atoms with van der Waals surface area (Å²) >= 11 is 1.54. The van der Waals surface area contributed by atoms with Crippen molar-refractivity contribution in [1.29, 1.82) is 0 Å². The average molecular weight is 237 g/mol. The molecule has 0 bridgehead atoms. The first-order chi connectivity index (χ1) is 7.72. The summed E-state index contributed by atoms with van der Waals surface area (Å²) < 4.78 is 5.58. The van der Waals surface area contributed by atoms with Gasteiger partial charge in [-0.25, -0.2) is 14.8 Å². The van der Waals surface area contributed by atoms with Crippen molar-refractivity contribution in [3.05, 3.63) is 17.8 Å². The Hall–Kier alpha value is -1.69. The van der Waals surface area contributed by atoms with Gasteiger partial charge in [-0.3, -0.25) is 0 Å². The van der Waals surface area contributed by atoms with Crippen LogP contribution in [0.3, 0.4) is 0 Å². The third kappa shape index (κ3) is 1.96. The number of anilines is 1. The van der Waals surface area contributed by atoms with Crippen LogP contribution in [0.25, 0.3) is 10.2 Å². The maximum Gasteiger partial charge on any atom is 0.328 e. The molecule has 2 rings (SSSR count). The van der Waals surface area contributed by atoms with Crippen LogP contribution in [0.2, 0.25) is 0 Å². The summed E-state index contributed by atoms with van der Waals surface area (Å²) in [6.07, 6.45) is 1.47. The third-order valence-corrected chi connectivity index (χ3v) is 3.06. The lowest BCUT2D eigenvalue weighted by molar-refractivity contribution is -0.141. The van der Waals surface area contributed by atoms with Crippen LogP contribution in [-0.2, 0) is 9.53 Å². The third-order valence-electron chi connectivity index (χ3n) is 2.15. The quantitative estimate of drug-likeness (QED) is 0.822. The van der Waals surface area contributed by atoms with Gasteiger partial charge in [0.2, 0.25) is 0 Å². The van der Waals surface area contributed by atoms with E-state index in [1.54, 1.807) is 6.92 Å². The summed E-state index contributed by atoms with van der Waals surface area (Å²) in [7, 11) is 1.36. The van der Waals surface area contributed by atoms with Gasteiger partial charge in [0, 0.05) is 0 Å². The van der Waals surface area contributed by atoms with Gasteiger partial charge in [0.1, 0.15) is 18.2 Å². The van der Waals surface area contributed by atoms with E-state index in [1.807, 2.05) is 11.4 Å². The second-order valence-corrected chi connectivity index (χ2v) is 4.16. The predicted molar refractivity (Wildman–Crippen MR) is 62.5 cm³/mol. The number of methoxy groups -OCH3 is 1. The minimum Gasteiger partial charge on any atom is -0.467 e. The van der Waals surface area contributed by atoms with Crippen LogP contribution in [0.5, 0.6) is 0 Å². The van der Waals surface area contributed by atoms with Crippen LogP contribution in [0.4, 0.5) is 5.82 Å². The molecule has 0 radical (unpaired) electrons. The molecular formula is C10H11N3O2S. The standard InChI is InChI=1S/C10H11N3O2S/c1-6(10(14)15-2)13-9-8-7(3-4-16-8)11-5-12-9/h3-6H,1-2H3,(H,11,12,13). The molecule has 16 heavy (non-hydrogen) atoms. The number of nitrogens with zero attached hydrogens (tertiary/aromatic N) is 2. The highest BCUT2D eigenvalue weighted by atomic mass is 32.1. The summed E-state index contributed by atoms with van der Waals surface area (Å²) in [6.45, 7) is 1.73. The van der Waals surface area contributed by atoms with Crippen LogP contribution in [0.1, 0.15) is 6.92 Å². The average Bonchev–Trinajstić information content (AvgIpc) is 2.77. The fourth-order valence-corrected chi connectivity index (χ4v) is 2.13. The molecule has 6 heteroatoms. The molecule has 1 N–H and O–H groups in total. The molecule has 0 spiro atoms. The Morgan fingerprint density at radius 1 is 1.56 bits per heavy atom. The van der Waals surface area contributed by atoms with Crippen molar-refractivity contribution in [3.63, 3.8) is 0 Å². The number of fused-ring (bicyclic) bond motifs is 1. The van der Waals surface area contributed by atoms with Crippen LogP contribution in [-0.4, -0.2) is 29.1 Å². The lowest BCUT2D eigenvalue weighted by Crippen LogP contribution is -2.27. The van der Waals surface area contributed by atoms with E-state index in [2.05, 4.69) is 20.0 Å². The lowest BCUT2D eigenvalue weighted by Gasteiger charge is -2.11. The molecule has 2 heterocycles. The van der Waals surface area contributed by atoms with Crippen molar-refractivity contribution < 1.29 is 9.53 Å². The molecule has 5 nitrogen and oxygen atoms in total. The van der Waals surface area contributed by atoms with Crippen molar-refractivity contribution in [1.82, 2.24) is 9.97 Å². The van der Waals surface area contributed by atoms with E-state index in [-0.39, 0.29) is 5.97 Å². The molecule has 0 fully saturated rings. The van der Waals surface area contributed by atoms with Gasteiger partial charge >= 0.3 is 5.97 Å². The number of ether oxygens (including phenoxy) is 1. The Kier molecular flexibility index (Phi) is 3.00. The number of esters is 1. The molecule has 0 aliphatic rings. The van der Waals surface area contributed by atoms with E-state index in [4.69, 9.17) is 0 Å². The van der Waals surface area contributed by atoms with E-state index in [1.165, 1.54) is 24.8 Å². The van der Waals surface area contributed by atoms with E-state index < -0.39 is 6.04 Å². The molecule has 1 atom stereocenters. The summed E-state index contributed by atoms with van der Waals surface area (Å²) in [5, 5.41) is 4.94. The van der Waals surface area contributed by atoms with Crippen LogP contribution in [0.15, 0.2) is 17.8 Å². The highest BCUT2D eigenvalue weighted by molar-refractivity contribution is 7.17. The molecule has 0 aliphatic carbocycles. The Morgan fingerprint density at radius 2 is 2.38 bits per heavy atom. The first-order valence-electron chi connectivity index (χ1n) is 4.75. The van der Waals surface area contributed by atoms with Crippen molar-refractivity contribution in [2.75, 3.05) is 12.4 Å². The molecule has 1 unspecified atom stereocenters. The largest absolute Gasteiger partial charge is 0.467 e. The first-order valence-corrected chi connectivity index (χ1v) is 5.63. The van der Waals surface area contributed by atoms with E-state index in [0.29, 0.717) is 5.82 Å². The summed E-state index contributed by atoms with van der Waals surface area (Å²) in [4.78, 5) is 19.5. The second kappa shape index (κ2) is 4.44. The predicted octanol–water partition coefficient (Wildman–Crippen LogP) is 1.66. The van der Waals surface area contributed by atoms with Gasteiger partial charge in [-0.2, -0.15) is 0 Å². The molecule has 2 aromatic rings. The van der Waals surface area contributed by atoms with Crippen LogP contribution >= 0.6 is 11.3 Å². The lowest BCUT2D eigenvalue weighted by atomic mass is 10.3. The summed E-state index contributed by atoms with van der Waals surface area (Å²) in [6, 6.07) is 1.49. The second-order valence-electron chi connectivity index (χ2n) is 3.25. The molecule has 0 aliphatic heterocycles. The molecule has 0 amide bonds. The van der Waals surface area contributed by atoms with Gasteiger partial charge in [0.15, 0.2) is 0 Å². The minimum absolute atomic E-state index is 0.316. The number of nitrogens with one attached hydrogen (secondary N) is 1. The monoisotopic (exact) mass is 237 g/mol. The molecule has 0 saturated carbocycles. The van der Waals surface area contributed by atoms with Crippen molar-refractivity contribution in [2.24, 2.45) is 0 Å².